The Kier molecular flexibility index (Phi) is 2.29. The van der Waals surface area contributed by atoms with Crippen LogP contribution in [-0.2, 0) is 0 Å². The molecule has 1 saturated heterocycles. The topological polar surface area (TPSA) is 27.0 Å². The van der Waals surface area contributed by atoms with Gasteiger partial charge in [-0.3, -0.25) is 4.90 Å². The van der Waals surface area contributed by atoms with Crippen LogP contribution in [0.4, 0.5) is 0 Å². The van der Waals surface area contributed by atoms with E-state index < -0.39 is 0 Å². The Morgan fingerprint density at radius 2 is 1.85 bits per heavy atom. The van der Waals surface area contributed by atoms with E-state index in [1.54, 1.807) is 0 Å². The van der Waals surface area contributed by atoms with Crippen molar-refractivity contribution in [1.29, 1.82) is 5.26 Å². The molecule has 2 fully saturated rings. The Hall–Kier alpha value is -0.550. The van der Waals surface area contributed by atoms with E-state index in [1.165, 1.54) is 32.1 Å². The number of hydrogen-bond donors (Lipinski definition) is 0. The van der Waals surface area contributed by atoms with Gasteiger partial charge in [0.1, 0.15) is 5.54 Å². The SMILES string of the molecule is CC(C#N)(C1CC1)N1CCCCC1. The lowest BCUT2D eigenvalue weighted by atomic mass is 9.93. The third-order valence-corrected chi connectivity index (χ3v) is 3.61. The van der Waals surface area contributed by atoms with Crippen molar-refractivity contribution >= 4 is 0 Å². The van der Waals surface area contributed by atoms with Crippen LogP contribution in [0.5, 0.6) is 0 Å². The maximum absolute atomic E-state index is 9.26. The van der Waals surface area contributed by atoms with Gasteiger partial charge in [-0.25, -0.2) is 0 Å². The first-order valence-corrected chi connectivity index (χ1v) is 5.43. The van der Waals surface area contributed by atoms with E-state index in [2.05, 4.69) is 17.9 Å². The molecule has 1 atom stereocenters. The van der Waals surface area contributed by atoms with Gasteiger partial charge in [-0.05, 0) is 51.6 Å². The maximum atomic E-state index is 9.26. The summed E-state index contributed by atoms with van der Waals surface area (Å²) in [7, 11) is 0. The molecule has 0 aromatic heterocycles. The van der Waals surface area contributed by atoms with Gasteiger partial charge in [0.05, 0.1) is 6.07 Å². The molecule has 13 heavy (non-hydrogen) atoms. The minimum Gasteiger partial charge on any atom is -0.286 e. The summed E-state index contributed by atoms with van der Waals surface area (Å²) in [5.74, 6) is 0.663. The first-order chi connectivity index (χ1) is 6.27. The summed E-state index contributed by atoms with van der Waals surface area (Å²) in [4.78, 5) is 2.41. The average molecular weight is 178 g/mol. The van der Waals surface area contributed by atoms with Crippen LogP contribution in [-0.4, -0.2) is 23.5 Å². The number of piperidine rings is 1. The zero-order chi connectivity index (χ0) is 9.31. The highest BCUT2D eigenvalue weighted by atomic mass is 15.2. The molecule has 0 aromatic rings. The van der Waals surface area contributed by atoms with Crippen molar-refractivity contribution in [2.45, 2.75) is 44.6 Å². The van der Waals surface area contributed by atoms with Crippen molar-refractivity contribution in [3.8, 4) is 6.07 Å². The predicted octanol–water partition coefficient (Wildman–Crippen LogP) is 2.16. The van der Waals surface area contributed by atoms with Crippen molar-refractivity contribution in [2.75, 3.05) is 13.1 Å². The van der Waals surface area contributed by atoms with Crippen LogP contribution >= 0.6 is 0 Å². The average Bonchev–Trinajstić information content (AvgIpc) is 3.02. The van der Waals surface area contributed by atoms with Crippen LogP contribution in [0.1, 0.15) is 39.0 Å². The Bertz CT molecular complexity index is 221. The lowest BCUT2D eigenvalue weighted by Crippen LogP contribution is -2.49. The summed E-state index contributed by atoms with van der Waals surface area (Å²) >= 11 is 0. The zero-order valence-electron chi connectivity index (χ0n) is 8.42. The number of nitriles is 1. The molecule has 0 aromatic carbocycles. The first kappa shape index (κ1) is 9.02. The van der Waals surface area contributed by atoms with Gasteiger partial charge in [0, 0.05) is 0 Å². The largest absolute Gasteiger partial charge is 0.286 e. The number of likely N-dealkylation sites (tertiary alicyclic amines) is 1. The highest BCUT2D eigenvalue weighted by molar-refractivity contribution is 5.13. The van der Waals surface area contributed by atoms with Gasteiger partial charge in [0.2, 0.25) is 0 Å². The van der Waals surface area contributed by atoms with Crippen molar-refractivity contribution in [2.24, 2.45) is 5.92 Å². The molecular weight excluding hydrogens is 160 g/mol. The van der Waals surface area contributed by atoms with Crippen molar-refractivity contribution in [3.05, 3.63) is 0 Å². The van der Waals surface area contributed by atoms with E-state index in [0.717, 1.165) is 13.1 Å². The third-order valence-electron chi connectivity index (χ3n) is 3.61. The molecule has 1 aliphatic heterocycles. The van der Waals surface area contributed by atoms with E-state index in [-0.39, 0.29) is 5.54 Å². The molecule has 2 nitrogen and oxygen atoms in total. The molecular formula is C11H18N2. The molecule has 0 bridgehead atoms. The summed E-state index contributed by atoms with van der Waals surface area (Å²) in [5, 5.41) is 9.26. The third kappa shape index (κ3) is 1.58. The normalized spacial score (nSPS) is 29.2. The van der Waals surface area contributed by atoms with Gasteiger partial charge in [-0.1, -0.05) is 6.42 Å². The quantitative estimate of drug-likeness (QED) is 0.648. The number of rotatable bonds is 2. The highest BCUT2D eigenvalue weighted by Gasteiger charge is 2.46. The number of hydrogen-bond acceptors (Lipinski definition) is 2. The lowest BCUT2D eigenvalue weighted by Gasteiger charge is -2.38. The van der Waals surface area contributed by atoms with E-state index in [0.29, 0.717) is 5.92 Å². The fourth-order valence-corrected chi connectivity index (χ4v) is 2.42. The molecule has 1 unspecified atom stereocenters. The van der Waals surface area contributed by atoms with Gasteiger partial charge in [0.25, 0.3) is 0 Å². The first-order valence-electron chi connectivity index (χ1n) is 5.43. The molecule has 2 aliphatic rings. The standard InChI is InChI=1S/C11H18N2/c1-11(9-12,10-5-6-10)13-7-3-2-4-8-13/h10H,2-8H2,1H3. The fourth-order valence-electron chi connectivity index (χ4n) is 2.42. The Balaban J connectivity index is 2.06. The monoisotopic (exact) mass is 178 g/mol. The van der Waals surface area contributed by atoms with Gasteiger partial charge in [0.15, 0.2) is 0 Å². The van der Waals surface area contributed by atoms with Crippen LogP contribution in [0, 0.1) is 17.2 Å². The summed E-state index contributed by atoms with van der Waals surface area (Å²) in [6.07, 6.45) is 6.44. The molecule has 1 heterocycles. The lowest BCUT2D eigenvalue weighted by molar-refractivity contribution is 0.106. The second-order valence-corrected chi connectivity index (χ2v) is 4.58. The maximum Gasteiger partial charge on any atom is 0.109 e. The van der Waals surface area contributed by atoms with E-state index in [9.17, 15) is 5.26 Å². The van der Waals surface area contributed by atoms with Crippen molar-refractivity contribution in [1.82, 2.24) is 4.90 Å². The van der Waals surface area contributed by atoms with Crippen LogP contribution in [0.15, 0.2) is 0 Å². The Morgan fingerprint density at radius 3 is 2.31 bits per heavy atom. The molecule has 2 rings (SSSR count). The second-order valence-electron chi connectivity index (χ2n) is 4.58. The molecule has 1 saturated carbocycles. The molecule has 0 N–H and O–H groups in total. The molecule has 0 amide bonds. The smallest absolute Gasteiger partial charge is 0.109 e. The van der Waals surface area contributed by atoms with E-state index in [4.69, 9.17) is 0 Å². The molecule has 72 valence electrons. The predicted molar refractivity (Wildman–Crippen MR) is 52.2 cm³/mol. The summed E-state index contributed by atoms with van der Waals surface area (Å²) in [6, 6.07) is 2.54. The summed E-state index contributed by atoms with van der Waals surface area (Å²) in [5.41, 5.74) is -0.138. The minimum absolute atomic E-state index is 0.138. The Morgan fingerprint density at radius 1 is 1.23 bits per heavy atom. The minimum atomic E-state index is -0.138. The molecule has 2 heteroatoms. The van der Waals surface area contributed by atoms with Gasteiger partial charge in [-0.2, -0.15) is 5.26 Å². The van der Waals surface area contributed by atoms with Gasteiger partial charge < -0.3 is 0 Å². The van der Waals surface area contributed by atoms with Crippen LogP contribution < -0.4 is 0 Å². The summed E-state index contributed by atoms with van der Waals surface area (Å²) < 4.78 is 0. The van der Waals surface area contributed by atoms with Crippen LogP contribution in [0.2, 0.25) is 0 Å². The van der Waals surface area contributed by atoms with Crippen LogP contribution in [0.3, 0.4) is 0 Å². The molecule has 0 radical (unpaired) electrons. The molecule has 0 spiro atoms. The van der Waals surface area contributed by atoms with Crippen LogP contribution in [0.25, 0.3) is 0 Å². The summed E-state index contributed by atoms with van der Waals surface area (Å²) in [6.45, 7) is 4.41. The zero-order valence-corrected chi connectivity index (χ0v) is 8.42. The van der Waals surface area contributed by atoms with E-state index >= 15 is 0 Å². The fraction of sp³-hybridized carbons (Fsp3) is 0.909. The Labute approximate surface area is 80.5 Å². The van der Waals surface area contributed by atoms with Crippen molar-refractivity contribution < 1.29 is 0 Å². The van der Waals surface area contributed by atoms with E-state index in [1.807, 2.05) is 0 Å². The molecule has 1 aliphatic carbocycles. The van der Waals surface area contributed by atoms with Crippen molar-refractivity contribution in [3.63, 3.8) is 0 Å². The van der Waals surface area contributed by atoms with Gasteiger partial charge in [-0.15, -0.1) is 0 Å². The highest BCUT2D eigenvalue weighted by Crippen LogP contribution is 2.43. The second kappa shape index (κ2) is 3.31. The number of nitrogens with zero attached hydrogens (tertiary/aromatic N) is 2. The van der Waals surface area contributed by atoms with Gasteiger partial charge >= 0.3 is 0 Å².